The van der Waals surface area contributed by atoms with Crippen LogP contribution in [0.2, 0.25) is 0 Å². The van der Waals surface area contributed by atoms with Crippen LogP contribution >= 0.6 is 23.1 Å². The summed E-state index contributed by atoms with van der Waals surface area (Å²) in [5, 5.41) is 16.5. The van der Waals surface area contributed by atoms with Gasteiger partial charge in [0.25, 0.3) is 5.91 Å². The molecule has 4 aromatic rings. The standard InChI is InChI=1S/C21H19N5O3S2/c1-11-4-5-12(14-9-15(25-29-14)21(28)6-7-26(2)20(21)27)8-13(11)17-24-16-18(30-3)22-10-23-19(16)31-17/h4-5,8-10,28H,6-7H2,1-3H3. The highest BCUT2D eigenvalue weighted by Crippen LogP contribution is 2.38. The summed E-state index contributed by atoms with van der Waals surface area (Å²) in [6.45, 7) is 2.50. The molecule has 1 aliphatic heterocycles. The molecular formula is C21H19N5O3S2. The van der Waals surface area contributed by atoms with Gasteiger partial charge in [-0.15, -0.1) is 11.8 Å². The Balaban J connectivity index is 1.55. The number of carbonyl (C=O) groups excluding carboxylic acids is 1. The molecule has 1 unspecified atom stereocenters. The largest absolute Gasteiger partial charge is 0.374 e. The molecule has 3 aromatic heterocycles. The summed E-state index contributed by atoms with van der Waals surface area (Å²) in [6.07, 6.45) is 3.81. The lowest BCUT2D eigenvalue weighted by Crippen LogP contribution is -2.36. The number of likely N-dealkylation sites (tertiary alicyclic amines) is 1. The van der Waals surface area contributed by atoms with E-state index in [4.69, 9.17) is 9.51 Å². The molecule has 0 spiro atoms. The van der Waals surface area contributed by atoms with Crippen LogP contribution in [0.15, 0.2) is 40.1 Å². The minimum Gasteiger partial charge on any atom is -0.374 e. The number of amides is 1. The fraction of sp³-hybridized carbons (Fsp3) is 0.286. The van der Waals surface area contributed by atoms with E-state index in [1.165, 1.54) is 16.2 Å². The van der Waals surface area contributed by atoms with E-state index in [1.54, 1.807) is 31.2 Å². The number of thiazole rings is 1. The van der Waals surface area contributed by atoms with E-state index >= 15 is 0 Å². The van der Waals surface area contributed by atoms with E-state index in [0.29, 0.717) is 12.3 Å². The van der Waals surface area contributed by atoms with Crippen LogP contribution in [0.25, 0.3) is 32.2 Å². The zero-order valence-corrected chi connectivity index (χ0v) is 18.8. The second-order valence-corrected chi connectivity index (χ2v) is 9.27. The van der Waals surface area contributed by atoms with Gasteiger partial charge in [-0.05, 0) is 24.8 Å². The van der Waals surface area contributed by atoms with Gasteiger partial charge in [-0.3, -0.25) is 4.79 Å². The summed E-state index contributed by atoms with van der Waals surface area (Å²) in [7, 11) is 1.67. The highest BCUT2D eigenvalue weighted by molar-refractivity contribution is 7.98. The number of nitrogens with zero attached hydrogens (tertiary/aromatic N) is 5. The molecule has 8 nitrogen and oxygen atoms in total. The summed E-state index contributed by atoms with van der Waals surface area (Å²) in [5.74, 6) is 0.120. The van der Waals surface area contributed by atoms with Crippen LogP contribution in [0.5, 0.6) is 0 Å². The van der Waals surface area contributed by atoms with E-state index in [2.05, 4.69) is 15.1 Å². The molecule has 1 aliphatic rings. The van der Waals surface area contributed by atoms with Crippen molar-refractivity contribution in [1.82, 2.24) is 25.0 Å². The number of carbonyl (C=O) groups is 1. The number of rotatable bonds is 4. The molecule has 158 valence electrons. The van der Waals surface area contributed by atoms with Gasteiger partial charge in [0.15, 0.2) is 11.4 Å². The fourth-order valence-corrected chi connectivity index (χ4v) is 5.24. The Morgan fingerprint density at radius 1 is 1.29 bits per heavy atom. The summed E-state index contributed by atoms with van der Waals surface area (Å²) >= 11 is 3.05. The van der Waals surface area contributed by atoms with Crippen LogP contribution in [0.3, 0.4) is 0 Å². The molecule has 10 heteroatoms. The highest BCUT2D eigenvalue weighted by atomic mass is 32.2. The van der Waals surface area contributed by atoms with Crippen molar-refractivity contribution in [3.63, 3.8) is 0 Å². The molecule has 0 bridgehead atoms. The summed E-state index contributed by atoms with van der Waals surface area (Å²) in [4.78, 5) is 28.1. The predicted octanol–water partition coefficient (Wildman–Crippen LogP) is 3.49. The molecular weight excluding hydrogens is 434 g/mol. The van der Waals surface area contributed by atoms with Crippen LogP contribution in [-0.4, -0.2) is 55.9 Å². The van der Waals surface area contributed by atoms with E-state index in [-0.39, 0.29) is 18.0 Å². The Morgan fingerprint density at radius 3 is 2.87 bits per heavy atom. The number of aryl methyl sites for hydroxylation is 1. The van der Waals surface area contributed by atoms with Gasteiger partial charge in [0.2, 0.25) is 0 Å². The molecule has 1 saturated heterocycles. The third-order valence-corrected chi connectivity index (χ3v) is 7.23. The Labute approximate surface area is 186 Å². The van der Waals surface area contributed by atoms with Crippen molar-refractivity contribution in [2.24, 2.45) is 0 Å². The van der Waals surface area contributed by atoms with Gasteiger partial charge >= 0.3 is 0 Å². The average Bonchev–Trinajstić information content (AvgIpc) is 3.49. The maximum absolute atomic E-state index is 12.4. The van der Waals surface area contributed by atoms with Gasteiger partial charge in [-0.1, -0.05) is 28.6 Å². The van der Waals surface area contributed by atoms with Crippen molar-refractivity contribution in [3.8, 4) is 21.9 Å². The molecule has 1 aromatic carbocycles. The lowest BCUT2D eigenvalue weighted by molar-refractivity contribution is -0.143. The lowest BCUT2D eigenvalue weighted by Gasteiger charge is -2.16. The smallest absolute Gasteiger partial charge is 0.260 e. The lowest BCUT2D eigenvalue weighted by atomic mass is 9.97. The first-order valence-electron chi connectivity index (χ1n) is 9.63. The Morgan fingerprint density at radius 2 is 2.13 bits per heavy atom. The Kier molecular flexibility index (Phi) is 4.80. The number of hydrogen-bond acceptors (Lipinski definition) is 9. The Hall–Kier alpha value is -2.82. The van der Waals surface area contributed by atoms with Crippen molar-refractivity contribution >= 4 is 39.4 Å². The molecule has 1 N–H and O–H groups in total. The third kappa shape index (κ3) is 3.22. The first kappa shape index (κ1) is 20.1. The number of thioether (sulfide) groups is 1. The van der Waals surface area contributed by atoms with Crippen molar-refractivity contribution in [2.75, 3.05) is 19.8 Å². The van der Waals surface area contributed by atoms with E-state index in [9.17, 15) is 9.90 Å². The van der Waals surface area contributed by atoms with Crippen LogP contribution < -0.4 is 0 Å². The maximum Gasteiger partial charge on any atom is 0.260 e. The van der Waals surface area contributed by atoms with Gasteiger partial charge < -0.3 is 14.5 Å². The normalized spacial score (nSPS) is 19.0. The molecule has 0 saturated carbocycles. The van der Waals surface area contributed by atoms with Gasteiger partial charge in [-0.25, -0.2) is 15.0 Å². The monoisotopic (exact) mass is 453 g/mol. The van der Waals surface area contributed by atoms with Crippen molar-refractivity contribution in [3.05, 3.63) is 41.9 Å². The SMILES string of the molecule is CSc1ncnc2sc(-c3cc(-c4cc(C5(O)CCN(C)C5=O)no4)ccc3C)nc12. The molecule has 1 atom stereocenters. The van der Waals surface area contributed by atoms with Crippen LogP contribution in [0, 0.1) is 6.92 Å². The zero-order valence-electron chi connectivity index (χ0n) is 17.1. The van der Waals surface area contributed by atoms with Crippen LogP contribution in [0.1, 0.15) is 17.7 Å². The maximum atomic E-state index is 12.4. The molecule has 1 amide bonds. The molecule has 0 radical (unpaired) electrons. The number of aromatic nitrogens is 4. The van der Waals surface area contributed by atoms with Gasteiger partial charge in [0.1, 0.15) is 32.4 Å². The minimum absolute atomic E-state index is 0.235. The second-order valence-electron chi connectivity index (χ2n) is 7.50. The third-order valence-electron chi connectivity index (χ3n) is 5.55. The van der Waals surface area contributed by atoms with E-state index in [1.807, 2.05) is 31.4 Å². The highest BCUT2D eigenvalue weighted by Gasteiger charge is 2.47. The van der Waals surface area contributed by atoms with E-state index < -0.39 is 5.60 Å². The predicted molar refractivity (Wildman–Crippen MR) is 119 cm³/mol. The minimum atomic E-state index is -1.63. The average molecular weight is 454 g/mol. The number of hydrogen-bond donors (Lipinski definition) is 1. The van der Waals surface area contributed by atoms with Gasteiger partial charge in [0.05, 0.1) is 0 Å². The van der Waals surface area contributed by atoms with Gasteiger partial charge in [-0.2, -0.15) is 0 Å². The van der Waals surface area contributed by atoms with Crippen LogP contribution in [0.4, 0.5) is 0 Å². The molecule has 5 rings (SSSR count). The summed E-state index contributed by atoms with van der Waals surface area (Å²) in [6, 6.07) is 7.54. The molecule has 0 aliphatic carbocycles. The number of fused-ring (bicyclic) bond motifs is 1. The van der Waals surface area contributed by atoms with Gasteiger partial charge in [0, 0.05) is 37.2 Å². The summed E-state index contributed by atoms with van der Waals surface area (Å²) < 4.78 is 5.51. The van der Waals surface area contributed by atoms with Crippen LogP contribution in [-0.2, 0) is 10.4 Å². The fourth-order valence-electron chi connectivity index (χ4n) is 3.70. The van der Waals surface area contributed by atoms with Crippen molar-refractivity contribution in [2.45, 2.75) is 24.0 Å². The van der Waals surface area contributed by atoms with Crippen molar-refractivity contribution < 1.29 is 14.4 Å². The topological polar surface area (TPSA) is 105 Å². The summed E-state index contributed by atoms with van der Waals surface area (Å²) in [5.41, 5.74) is 2.21. The number of benzene rings is 1. The molecule has 1 fully saturated rings. The first-order chi connectivity index (χ1) is 14.9. The quantitative estimate of drug-likeness (QED) is 0.370. The number of likely N-dealkylation sites (N-methyl/N-ethyl adjacent to an activating group) is 1. The second kappa shape index (κ2) is 7.40. The van der Waals surface area contributed by atoms with E-state index in [0.717, 1.165) is 37.1 Å². The Bertz CT molecular complexity index is 1320. The molecule has 4 heterocycles. The zero-order chi connectivity index (χ0) is 21.8. The molecule has 31 heavy (non-hydrogen) atoms. The number of aliphatic hydroxyl groups is 1. The van der Waals surface area contributed by atoms with Crippen molar-refractivity contribution in [1.29, 1.82) is 0 Å². The first-order valence-corrected chi connectivity index (χ1v) is 11.7.